The van der Waals surface area contributed by atoms with E-state index in [1.54, 1.807) is 0 Å². The van der Waals surface area contributed by atoms with Gasteiger partial charge < -0.3 is 10.8 Å². The summed E-state index contributed by atoms with van der Waals surface area (Å²) < 4.78 is 46.0. The smallest absolute Gasteiger partial charge is 0.303 e. The molecule has 3 nitrogen and oxygen atoms in total. The molecule has 70 valence electrons. The highest BCUT2D eigenvalue weighted by molar-refractivity contribution is 5.67. The third kappa shape index (κ3) is 2.21. The second-order valence-corrected chi connectivity index (χ2v) is 3.11. The molecule has 0 spiro atoms. The average Bonchev–Trinajstić information content (AvgIpc) is 2.12. The molecule has 0 heterocycles. The van der Waals surface area contributed by atoms with Crippen molar-refractivity contribution in [2.24, 2.45) is 11.1 Å². The molecule has 0 bridgehead atoms. The van der Waals surface area contributed by atoms with Crippen molar-refractivity contribution in [3.05, 3.63) is 0 Å². The highest BCUT2D eigenvalue weighted by Gasteiger charge is 2.32. The highest BCUT2D eigenvalue weighted by Crippen LogP contribution is 2.38. The number of nitrogens with two attached hydrogens (primary N) is 1. The second kappa shape index (κ2) is 3.90. The van der Waals surface area contributed by atoms with Crippen molar-refractivity contribution in [2.75, 3.05) is 6.54 Å². The Bertz CT molecular complexity index is 337. The fourth-order valence-electron chi connectivity index (χ4n) is 1.25. The van der Waals surface area contributed by atoms with Crippen LogP contribution >= 0.6 is 0 Å². The maximum absolute atomic E-state index is 10.8. The molecule has 3 heteroatoms. The van der Waals surface area contributed by atoms with Gasteiger partial charge >= 0.3 is 5.97 Å². The van der Waals surface area contributed by atoms with Gasteiger partial charge in [-0.3, -0.25) is 4.79 Å². The molecule has 12 heavy (non-hydrogen) atoms. The zero-order chi connectivity index (χ0) is 14.4. The van der Waals surface area contributed by atoms with Crippen LogP contribution in [0.5, 0.6) is 0 Å². The summed E-state index contributed by atoms with van der Waals surface area (Å²) in [7, 11) is 0. The van der Waals surface area contributed by atoms with Crippen molar-refractivity contribution in [1.29, 1.82) is 0 Å². The molecule has 0 amide bonds. The minimum Gasteiger partial charge on any atom is -0.481 e. The van der Waals surface area contributed by atoms with E-state index in [1.807, 2.05) is 0 Å². The molecule has 0 aromatic heterocycles. The molecule has 1 aliphatic carbocycles. The van der Waals surface area contributed by atoms with Gasteiger partial charge in [-0.05, 0) is 24.8 Å². The van der Waals surface area contributed by atoms with E-state index in [0.29, 0.717) is 0 Å². The number of hydrogen-bond donors (Lipinski definition) is 2. The lowest BCUT2D eigenvalue weighted by atomic mass is 9.72. The molecule has 1 saturated carbocycles. The van der Waals surface area contributed by atoms with Crippen LogP contribution in [-0.4, -0.2) is 17.6 Å². The van der Waals surface area contributed by atoms with Gasteiger partial charge in [0.25, 0.3) is 0 Å². The molecule has 0 aliphatic heterocycles. The third-order valence-corrected chi connectivity index (χ3v) is 2.06. The summed E-state index contributed by atoms with van der Waals surface area (Å²) in [6.45, 7) is -0.186. The van der Waals surface area contributed by atoms with Gasteiger partial charge in [0.1, 0.15) is 0 Å². The minimum absolute atomic E-state index is 0.186. The van der Waals surface area contributed by atoms with E-state index in [2.05, 4.69) is 0 Å². The molecule has 0 saturated heterocycles. The Hall–Kier alpha value is -0.570. The van der Waals surface area contributed by atoms with E-state index in [9.17, 15) is 4.79 Å². The standard InChI is InChI=1S/C9H17NO2/c10-7-9(6-8(11)12)4-2-1-3-5-9/h1-7,10H2,(H,11,12)/i1D2,2D2,3D2. The van der Waals surface area contributed by atoms with Gasteiger partial charge in [0, 0.05) is 8.22 Å². The Balaban J connectivity index is 3.19. The first-order valence-electron chi connectivity index (χ1n) is 6.81. The molecular weight excluding hydrogens is 154 g/mol. The lowest BCUT2D eigenvalue weighted by Gasteiger charge is -2.34. The van der Waals surface area contributed by atoms with Gasteiger partial charge in [-0.15, -0.1) is 0 Å². The summed E-state index contributed by atoms with van der Waals surface area (Å²) in [5.74, 6) is -1.19. The number of aliphatic carboxylic acids is 1. The SMILES string of the molecule is [2H]C1([2H])CC(CN)(CC(=O)O)CC([2H])([2H])C1([2H])[2H]. The van der Waals surface area contributed by atoms with Crippen LogP contribution in [0.25, 0.3) is 0 Å². The lowest BCUT2D eigenvalue weighted by molar-refractivity contribution is -0.140. The van der Waals surface area contributed by atoms with Crippen LogP contribution in [-0.2, 0) is 4.79 Å². The van der Waals surface area contributed by atoms with Crippen molar-refractivity contribution in [3.63, 3.8) is 0 Å². The summed E-state index contributed by atoms with van der Waals surface area (Å²) in [4.78, 5) is 10.8. The van der Waals surface area contributed by atoms with E-state index >= 15 is 0 Å². The number of hydrogen-bond acceptors (Lipinski definition) is 2. The Morgan fingerprint density at radius 3 is 2.50 bits per heavy atom. The topological polar surface area (TPSA) is 63.3 Å². The monoisotopic (exact) mass is 177 g/mol. The fourth-order valence-corrected chi connectivity index (χ4v) is 1.25. The molecule has 0 aromatic rings. The van der Waals surface area contributed by atoms with Crippen LogP contribution in [0.3, 0.4) is 0 Å². The maximum Gasteiger partial charge on any atom is 0.303 e. The predicted molar refractivity (Wildman–Crippen MR) is 46.8 cm³/mol. The van der Waals surface area contributed by atoms with E-state index in [0.717, 1.165) is 0 Å². The van der Waals surface area contributed by atoms with Gasteiger partial charge in [0.05, 0.1) is 6.42 Å². The summed E-state index contributed by atoms with van der Waals surface area (Å²) >= 11 is 0. The van der Waals surface area contributed by atoms with Crippen LogP contribution in [0.4, 0.5) is 0 Å². The first-order chi connectivity index (χ1) is 7.89. The zero-order valence-electron chi connectivity index (χ0n) is 12.8. The predicted octanol–water partition coefficient (Wildman–Crippen LogP) is 1.37. The highest BCUT2D eigenvalue weighted by atomic mass is 16.4. The molecule has 1 rings (SSSR count). The normalized spacial score (nSPS) is 42.1. The van der Waals surface area contributed by atoms with Crippen molar-refractivity contribution in [2.45, 2.75) is 38.4 Å². The number of rotatable bonds is 3. The van der Waals surface area contributed by atoms with E-state index in [4.69, 9.17) is 19.1 Å². The van der Waals surface area contributed by atoms with Gasteiger partial charge in [-0.25, -0.2) is 0 Å². The molecular formula is C9H17NO2. The number of carboxylic acid groups (broad SMARTS) is 1. The Morgan fingerprint density at radius 1 is 1.50 bits per heavy atom. The molecule has 0 aromatic carbocycles. The first-order valence-corrected chi connectivity index (χ1v) is 3.81. The fraction of sp³-hybridized carbons (Fsp3) is 0.889. The number of carboxylic acids is 1. The summed E-state index contributed by atoms with van der Waals surface area (Å²) in [5, 5.41) is 8.84. The minimum atomic E-state index is -2.67. The van der Waals surface area contributed by atoms with Crippen molar-refractivity contribution in [3.8, 4) is 0 Å². The van der Waals surface area contributed by atoms with Crippen LogP contribution in [0.2, 0.25) is 0 Å². The summed E-state index contributed by atoms with van der Waals surface area (Å²) in [6, 6.07) is 0. The molecule has 1 aliphatic rings. The van der Waals surface area contributed by atoms with Gasteiger partial charge in [0.15, 0.2) is 0 Å². The molecule has 0 atom stereocenters. The molecule has 0 radical (unpaired) electrons. The summed E-state index contributed by atoms with van der Waals surface area (Å²) in [6.07, 6.45) is -8.83. The lowest BCUT2D eigenvalue weighted by Crippen LogP contribution is -2.34. The van der Waals surface area contributed by atoms with Crippen LogP contribution in [0.1, 0.15) is 46.6 Å². The average molecular weight is 177 g/mol. The van der Waals surface area contributed by atoms with Gasteiger partial charge in [-0.2, -0.15) is 0 Å². The van der Waals surface area contributed by atoms with Crippen LogP contribution < -0.4 is 5.73 Å². The molecule has 1 fully saturated rings. The maximum atomic E-state index is 10.8. The van der Waals surface area contributed by atoms with E-state index < -0.39 is 49.8 Å². The quantitative estimate of drug-likeness (QED) is 0.684. The summed E-state index contributed by atoms with van der Waals surface area (Å²) in [5.41, 5.74) is 4.25. The van der Waals surface area contributed by atoms with E-state index in [1.165, 1.54) is 0 Å². The van der Waals surface area contributed by atoms with Crippen LogP contribution in [0, 0.1) is 5.41 Å². The van der Waals surface area contributed by atoms with E-state index in [-0.39, 0.29) is 6.54 Å². The third-order valence-electron chi connectivity index (χ3n) is 2.06. The van der Waals surface area contributed by atoms with Crippen LogP contribution in [0.15, 0.2) is 0 Å². The Morgan fingerprint density at radius 2 is 2.08 bits per heavy atom. The molecule has 0 unspecified atom stereocenters. The van der Waals surface area contributed by atoms with Crippen molar-refractivity contribution < 1.29 is 18.1 Å². The number of carbonyl (C=O) groups is 1. The second-order valence-electron chi connectivity index (χ2n) is 3.11. The zero-order valence-corrected chi connectivity index (χ0v) is 6.76. The first kappa shape index (κ1) is 4.09. The van der Waals surface area contributed by atoms with Crippen molar-refractivity contribution in [1.82, 2.24) is 0 Å². The van der Waals surface area contributed by atoms with Crippen molar-refractivity contribution >= 4 is 5.97 Å². The Kier molecular flexibility index (Phi) is 1.33. The largest absolute Gasteiger partial charge is 0.481 e. The van der Waals surface area contributed by atoms with Gasteiger partial charge in [0.2, 0.25) is 0 Å². The van der Waals surface area contributed by atoms with Gasteiger partial charge in [-0.1, -0.05) is 19.1 Å². The Labute approximate surface area is 81.4 Å². The molecule has 3 N–H and O–H groups in total.